The molecule has 0 bridgehead atoms. The summed E-state index contributed by atoms with van der Waals surface area (Å²) in [4.78, 5) is 4.34. The monoisotopic (exact) mass is 262 g/mol. The third-order valence-electron chi connectivity index (χ3n) is 3.59. The first-order chi connectivity index (χ1) is 9.04. The van der Waals surface area contributed by atoms with E-state index < -0.39 is 6.10 Å². The van der Waals surface area contributed by atoms with E-state index in [1.165, 1.54) is 0 Å². The van der Waals surface area contributed by atoms with Gasteiger partial charge in [-0.05, 0) is 32.8 Å². The Morgan fingerprint density at radius 2 is 2.05 bits per heavy atom. The minimum atomic E-state index is -0.560. The lowest BCUT2D eigenvalue weighted by Gasteiger charge is -2.12. The Hall–Kier alpha value is -1.55. The van der Waals surface area contributed by atoms with Crippen molar-refractivity contribution in [1.29, 1.82) is 0 Å². The molecule has 0 saturated carbocycles. The number of furan rings is 1. The third kappa shape index (κ3) is 2.73. The molecule has 19 heavy (non-hydrogen) atoms. The van der Waals surface area contributed by atoms with E-state index in [9.17, 15) is 5.11 Å². The lowest BCUT2D eigenvalue weighted by Crippen LogP contribution is -2.10. The summed E-state index contributed by atoms with van der Waals surface area (Å²) < 4.78 is 7.67. The summed E-state index contributed by atoms with van der Waals surface area (Å²) in [6.45, 7) is 8.88. The van der Waals surface area contributed by atoms with Crippen molar-refractivity contribution in [3.8, 4) is 0 Å². The van der Waals surface area contributed by atoms with Crippen LogP contribution in [0.5, 0.6) is 0 Å². The van der Waals surface area contributed by atoms with Crippen molar-refractivity contribution in [2.24, 2.45) is 0 Å². The van der Waals surface area contributed by atoms with E-state index in [1.807, 2.05) is 27.0 Å². The number of aliphatic hydroxyl groups is 1. The molecule has 4 nitrogen and oxygen atoms in total. The summed E-state index contributed by atoms with van der Waals surface area (Å²) in [6.07, 6.45) is 4.77. The molecule has 2 aromatic rings. The highest BCUT2D eigenvalue weighted by atomic mass is 16.3. The standard InChI is InChI=1S/C15H22N2O2/c1-5-7-17-8-6-16-14(17)9-13(18)15-10(2)11(3)19-12(15)4/h6,8,13,18H,5,7,9H2,1-4H3. The van der Waals surface area contributed by atoms with Gasteiger partial charge in [-0.15, -0.1) is 0 Å². The molecule has 1 atom stereocenters. The van der Waals surface area contributed by atoms with Crippen LogP contribution in [0, 0.1) is 20.8 Å². The van der Waals surface area contributed by atoms with E-state index in [0.29, 0.717) is 6.42 Å². The zero-order valence-electron chi connectivity index (χ0n) is 12.1. The van der Waals surface area contributed by atoms with Crippen molar-refractivity contribution in [3.05, 3.63) is 40.9 Å². The second-order valence-corrected chi connectivity index (χ2v) is 5.01. The molecule has 0 fully saturated rings. The molecule has 104 valence electrons. The molecular weight excluding hydrogens is 240 g/mol. The Bertz CT molecular complexity index is 554. The van der Waals surface area contributed by atoms with Gasteiger partial charge in [-0.1, -0.05) is 6.92 Å². The molecule has 0 aromatic carbocycles. The topological polar surface area (TPSA) is 51.2 Å². The molecule has 0 aliphatic rings. The largest absolute Gasteiger partial charge is 0.466 e. The molecule has 2 rings (SSSR count). The van der Waals surface area contributed by atoms with Gasteiger partial charge in [-0.3, -0.25) is 0 Å². The van der Waals surface area contributed by atoms with Crippen LogP contribution in [-0.2, 0) is 13.0 Å². The first kappa shape index (κ1) is 13.9. The summed E-state index contributed by atoms with van der Waals surface area (Å²) in [6, 6.07) is 0. The SMILES string of the molecule is CCCn1ccnc1CC(O)c1c(C)oc(C)c1C. The van der Waals surface area contributed by atoms with Crippen molar-refractivity contribution < 1.29 is 9.52 Å². The molecule has 1 unspecified atom stereocenters. The number of hydrogen-bond donors (Lipinski definition) is 1. The Labute approximate surface area is 114 Å². The number of aromatic nitrogens is 2. The number of nitrogens with zero attached hydrogens (tertiary/aromatic N) is 2. The number of aliphatic hydroxyl groups excluding tert-OH is 1. The van der Waals surface area contributed by atoms with Crippen LogP contribution in [0.25, 0.3) is 0 Å². The second kappa shape index (κ2) is 5.61. The van der Waals surface area contributed by atoms with E-state index >= 15 is 0 Å². The fraction of sp³-hybridized carbons (Fsp3) is 0.533. The van der Waals surface area contributed by atoms with Gasteiger partial charge in [0, 0.05) is 30.9 Å². The summed E-state index contributed by atoms with van der Waals surface area (Å²) >= 11 is 0. The third-order valence-corrected chi connectivity index (χ3v) is 3.59. The van der Waals surface area contributed by atoms with Crippen LogP contribution in [0.1, 0.15) is 47.9 Å². The van der Waals surface area contributed by atoms with E-state index in [4.69, 9.17) is 4.42 Å². The quantitative estimate of drug-likeness (QED) is 0.900. The summed E-state index contributed by atoms with van der Waals surface area (Å²) in [5.41, 5.74) is 1.95. The van der Waals surface area contributed by atoms with Gasteiger partial charge in [0.2, 0.25) is 0 Å². The molecule has 0 saturated heterocycles. The van der Waals surface area contributed by atoms with Gasteiger partial charge in [0.25, 0.3) is 0 Å². The van der Waals surface area contributed by atoms with Crippen LogP contribution in [0.2, 0.25) is 0 Å². The van der Waals surface area contributed by atoms with Crippen molar-refractivity contribution in [2.45, 2.75) is 53.2 Å². The molecule has 0 aliphatic heterocycles. The van der Waals surface area contributed by atoms with Gasteiger partial charge < -0.3 is 14.1 Å². The first-order valence-corrected chi connectivity index (χ1v) is 6.79. The minimum absolute atomic E-state index is 0.521. The number of rotatable bonds is 5. The highest BCUT2D eigenvalue weighted by Gasteiger charge is 2.20. The summed E-state index contributed by atoms with van der Waals surface area (Å²) in [7, 11) is 0. The molecule has 0 spiro atoms. The van der Waals surface area contributed by atoms with E-state index in [0.717, 1.165) is 41.4 Å². The highest BCUT2D eigenvalue weighted by molar-refractivity contribution is 5.33. The van der Waals surface area contributed by atoms with Crippen molar-refractivity contribution in [3.63, 3.8) is 0 Å². The van der Waals surface area contributed by atoms with Gasteiger partial charge in [0.05, 0.1) is 6.10 Å². The molecule has 4 heteroatoms. The molecule has 2 aromatic heterocycles. The predicted octanol–water partition coefficient (Wildman–Crippen LogP) is 3.09. The molecule has 0 amide bonds. The van der Waals surface area contributed by atoms with Crippen LogP contribution in [0.3, 0.4) is 0 Å². The van der Waals surface area contributed by atoms with Crippen molar-refractivity contribution in [1.82, 2.24) is 9.55 Å². The Balaban J connectivity index is 2.20. The number of aryl methyl sites for hydroxylation is 3. The van der Waals surface area contributed by atoms with Crippen LogP contribution >= 0.6 is 0 Å². The molecule has 1 N–H and O–H groups in total. The highest BCUT2D eigenvalue weighted by Crippen LogP contribution is 2.28. The fourth-order valence-electron chi connectivity index (χ4n) is 2.55. The van der Waals surface area contributed by atoms with Crippen LogP contribution < -0.4 is 0 Å². The zero-order valence-corrected chi connectivity index (χ0v) is 12.1. The van der Waals surface area contributed by atoms with Crippen LogP contribution in [-0.4, -0.2) is 14.7 Å². The van der Waals surface area contributed by atoms with E-state index in [2.05, 4.69) is 16.5 Å². The van der Waals surface area contributed by atoms with E-state index in [1.54, 1.807) is 6.20 Å². The second-order valence-electron chi connectivity index (χ2n) is 5.01. The van der Waals surface area contributed by atoms with Crippen LogP contribution in [0.4, 0.5) is 0 Å². The lowest BCUT2D eigenvalue weighted by atomic mass is 10.0. The molecule has 0 radical (unpaired) electrons. The van der Waals surface area contributed by atoms with Gasteiger partial charge in [0.1, 0.15) is 17.3 Å². The predicted molar refractivity (Wildman–Crippen MR) is 74.1 cm³/mol. The maximum absolute atomic E-state index is 10.4. The van der Waals surface area contributed by atoms with Crippen molar-refractivity contribution >= 4 is 0 Å². The van der Waals surface area contributed by atoms with Crippen molar-refractivity contribution in [2.75, 3.05) is 0 Å². The Kier molecular flexibility index (Phi) is 4.10. The van der Waals surface area contributed by atoms with Gasteiger partial charge in [-0.25, -0.2) is 4.98 Å². The Morgan fingerprint density at radius 1 is 1.32 bits per heavy atom. The molecular formula is C15H22N2O2. The average Bonchev–Trinajstić information content (AvgIpc) is 2.86. The van der Waals surface area contributed by atoms with Gasteiger partial charge in [-0.2, -0.15) is 0 Å². The molecule has 2 heterocycles. The number of hydrogen-bond acceptors (Lipinski definition) is 3. The minimum Gasteiger partial charge on any atom is -0.466 e. The molecule has 0 aliphatic carbocycles. The Morgan fingerprint density at radius 3 is 2.63 bits per heavy atom. The van der Waals surface area contributed by atoms with Gasteiger partial charge in [0.15, 0.2) is 0 Å². The summed E-state index contributed by atoms with van der Waals surface area (Å²) in [5, 5.41) is 10.4. The number of imidazole rings is 1. The van der Waals surface area contributed by atoms with Gasteiger partial charge >= 0.3 is 0 Å². The smallest absolute Gasteiger partial charge is 0.111 e. The lowest BCUT2D eigenvalue weighted by molar-refractivity contribution is 0.172. The zero-order chi connectivity index (χ0) is 14.0. The normalized spacial score (nSPS) is 12.9. The fourth-order valence-corrected chi connectivity index (χ4v) is 2.55. The average molecular weight is 262 g/mol. The summed E-state index contributed by atoms with van der Waals surface area (Å²) in [5.74, 6) is 2.60. The maximum atomic E-state index is 10.4. The first-order valence-electron chi connectivity index (χ1n) is 6.79. The maximum Gasteiger partial charge on any atom is 0.111 e. The van der Waals surface area contributed by atoms with E-state index in [-0.39, 0.29) is 0 Å². The van der Waals surface area contributed by atoms with Crippen LogP contribution in [0.15, 0.2) is 16.8 Å².